The Kier molecular flexibility index (Phi) is 8.41. The van der Waals surface area contributed by atoms with E-state index in [1.807, 2.05) is 6.07 Å². The van der Waals surface area contributed by atoms with Crippen LogP contribution in [0.1, 0.15) is 58.4 Å². The Morgan fingerprint density at radius 3 is 2.34 bits per heavy atom. The van der Waals surface area contributed by atoms with Crippen LogP contribution in [0, 0.1) is 0 Å². The monoisotopic (exact) mass is 411 g/mol. The molecule has 1 aliphatic heterocycles. The average Bonchev–Trinajstić information content (AvgIpc) is 3.08. The van der Waals surface area contributed by atoms with Gasteiger partial charge in [0.1, 0.15) is 5.75 Å². The van der Waals surface area contributed by atoms with Crippen LogP contribution in [0.3, 0.4) is 0 Å². The van der Waals surface area contributed by atoms with Gasteiger partial charge in [-0.3, -0.25) is 4.68 Å². The third-order valence-corrected chi connectivity index (χ3v) is 4.84. The summed E-state index contributed by atoms with van der Waals surface area (Å²) < 4.78 is 44.5. The van der Waals surface area contributed by atoms with Crippen LogP contribution in [0.2, 0.25) is 0 Å². The van der Waals surface area contributed by atoms with Crippen molar-refractivity contribution < 1.29 is 17.9 Å². The normalized spacial score (nSPS) is 13.6. The zero-order valence-corrected chi connectivity index (χ0v) is 17.9. The summed E-state index contributed by atoms with van der Waals surface area (Å²) in [6.45, 7) is 8.17. The molecule has 4 nitrogen and oxygen atoms in total. The highest BCUT2D eigenvalue weighted by Crippen LogP contribution is 2.40. The molecule has 3 rings (SSSR count). The lowest BCUT2D eigenvalue weighted by Gasteiger charge is -2.32. The van der Waals surface area contributed by atoms with Gasteiger partial charge in [-0.2, -0.15) is 5.10 Å². The molecule has 1 aliphatic rings. The number of nitrogens with zero attached hydrogens (tertiary/aromatic N) is 3. The van der Waals surface area contributed by atoms with E-state index in [0.717, 1.165) is 43.6 Å². The predicted molar refractivity (Wildman–Crippen MR) is 111 cm³/mol. The van der Waals surface area contributed by atoms with Crippen molar-refractivity contribution >= 4 is 5.69 Å². The Balaban J connectivity index is 0.000000537. The Hall–Kier alpha value is -2.18. The summed E-state index contributed by atoms with van der Waals surface area (Å²) >= 11 is 0. The number of aromatic nitrogens is 2. The van der Waals surface area contributed by atoms with Crippen LogP contribution >= 0.6 is 0 Å². The zero-order chi connectivity index (χ0) is 21.4. The number of anilines is 1. The fourth-order valence-corrected chi connectivity index (χ4v) is 3.54. The number of ether oxygens (including phenoxy) is 1. The summed E-state index contributed by atoms with van der Waals surface area (Å²) in [6.07, 6.45) is 5.39. The Labute approximate surface area is 171 Å². The lowest BCUT2D eigenvalue weighted by Crippen LogP contribution is -2.30. The summed E-state index contributed by atoms with van der Waals surface area (Å²) in [4.78, 5) is 2.13. The van der Waals surface area contributed by atoms with Gasteiger partial charge in [0.2, 0.25) is 0 Å². The second-order valence-corrected chi connectivity index (χ2v) is 7.37. The first-order valence-corrected chi connectivity index (χ1v) is 10.5. The van der Waals surface area contributed by atoms with E-state index in [0.29, 0.717) is 11.1 Å². The highest BCUT2D eigenvalue weighted by Gasteiger charge is 2.33. The summed E-state index contributed by atoms with van der Waals surface area (Å²) in [6, 6.07) is 3.34. The molecule has 0 radical (unpaired) electrons. The first kappa shape index (κ1) is 23.1. The van der Waals surface area contributed by atoms with Crippen LogP contribution in [0.5, 0.6) is 5.75 Å². The highest BCUT2D eigenvalue weighted by molar-refractivity contribution is 5.76. The van der Waals surface area contributed by atoms with E-state index in [2.05, 4.69) is 35.5 Å². The number of hydrogen-bond acceptors (Lipinski definition) is 3. The van der Waals surface area contributed by atoms with Crippen LogP contribution in [-0.2, 0) is 13.5 Å². The molecule has 1 aromatic carbocycles. The van der Waals surface area contributed by atoms with Gasteiger partial charge >= 0.3 is 6.36 Å². The van der Waals surface area contributed by atoms with Crippen LogP contribution in [0.4, 0.5) is 18.9 Å². The maximum Gasteiger partial charge on any atom is 0.573 e. The van der Waals surface area contributed by atoms with E-state index < -0.39 is 6.36 Å². The molecule has 0 saturated heterocycles. The van der Waals surface area contributed by atoms with Gasteiger partial charge in [0.05, 0.1) is 6.20 Å². The van der Waals surface area contributed by atoms with Crippen LogP contribution < -0.4 is 9.64 Å². The first-order valence-electron chi connectivity index (χ1n) is 10.5. The molecule has 0 atom stereocenters. The molecule has 0 aliphatic carbocycles. The zero-order valence-electron chi connectivity index (χ0n) is 17.9. The minimum absolute atomic E-state index is 0.169. The molecule has 7 heteroatoms. The van der Waals surface area contributed by atoms with E-state index in [-0.39, 0.29) is 5.75 Å². The van der Waals surface area contributed by atoms with Gasteiger partial charge in [-0.25, -0.2) is 0 Å². The van der Waals surface area contributed by atoms with Gasteiger partial charge in [0.25, 0.3) is 0 Å². The van der Waals surface area contributed by atoms with Crippen molar-refractivity contribution in [2.24, 2.45) is 7.05 Å². The van der Waals surface area contributed by atoms with Crippen LogP contribution in [-0.4, -0.2) is 29.2 Å². The second-order valence-electron chi connectivity index (χ2n) is 7.37. The SMILES string of the molecule is CCCCC.CCCN1CCCc2cc(-c3cnn(C)c3)c(OC(F)(F)F)cc21. The van der Waals surface area contributed by atoms with Crippen molar-refractivity contribution in [2.75, 3.05) is 18.0 Å². The molecule has 0 fully saturated rings. The Morgan fingerprint density at radius 2 is 1.83 bits per heavy atom. The van der Waals surface area contributed by atoms with Gasteiger partial charge < -0.3 is 9.64 Å². The number of benzene rings is 1. The van der Waals surface area contributed by atoms with Gasteiger partial charge in [-0.15, -0.1) is 13.2 Å². The number of hydrogen-bond donors (Lipinski definition) is 0. The maximum absolute atomic E-state index is 12.9. The molecule has 162 valence electrons. The number of alkyl halides is 3. The van der Waals surface area contributed by atoms with E-state index in [1.165, 1.54) is 25.3 Å². The molecule has 0 spiro atoms. The second kappa shape index (κ2) is 10.6. The van der Waals surface area contributed by atoms with Crippen LogP contribution in [0.15, 0.2) is 24.5 Å². The minimum Gasteiger partial charge on any atom is -0.405 e. The highest BCUT2D eigenvalue weighted by atomic mass is 19.4. The number of aryl methyl sites for hydroxylation is 2. The summed E-state index contributed by atoms with van der Waals surface area (Å²) in [5.74, 6) is -0.169. The van der Waals surface area contributed by atoms with Crippen molar-refractivity contribution in [3.63, 3.8) is 0 Å². The van der Waals surface area contributed by atoms with Crippen molar-refractivity contribution in [1.82, 2.24) is 9.78 Å². The van der Waals surface area contributed by atoms with E-state index in [4.69, 9.17) is 0 Å². The molecule has 0 amide bonds. The third kappa shape index (κ3) is 6.68. The van der Waals surface area contributed by atoms with Gasteiger partial charge in [0.15, 0.2) is 0 Å². The van der Waals surface area contributed by atoms with Crippen molar-refractivity contribution in [3.05, 3.63) is 30.1 Å². The molecule has 1 aromatic heterocycles. The fraction of sp³-hybridized carbons (Fsp3) is 0.591. The molecule has 0 saturated carbocycles. The van der Waals surface area contributed by atoms with E-state index in [1.54, 1.807) is 24.1 Å². The molecule has 29 heavy (non-hydrogen) atoms. The average molecular weight is 412 g/mol. The number of unbranched alkanes of at least 4 members (excludes halogenated alkanes) is 2. The number of rotatable bonds is 6. The third-order valence-electron chi connectivity index (χ3n) is 4.84. The van der Waals surface area contributed by atoms with Gasteiger partial charge in [0, 0.05) is 49.2 Å². The Bertz CT molecular complexity index is 769. The van der Waals surface area contributed by atoms with Crippen LogP contribution in [0.25, 0.3) is 11.1 Å². The van der Waals surface area contributed by atoms with Gasteiger partial charge in [-0.1, -0.05) is 40.0 Å². The number of fused-ring (bicyclic) bond motifs is 1. The lowest BCUT2D eigenvalue weighted by atomic mass is 9.96. The first-order chi connectivity index (χ1) is 13.8. The molecule has 0 bridgehead atoms. The topological polar surface area (TPSA) is 30.3 Å². The quantitative estimate of drug-likeness (QED) is 0.555. The van der Waals surface area contributed by atoms with Crippen molar-refractivity contribution in [2.45, 2.75) is 65.7 Å². The summed E-state index contributed by atoms with van der Waals surface area (Å²) in [5, 5.41) is 4.06. The largest absolute Gasteiger partial charge is 0.573 e. The molecule has 2 aromatic rings. The smallest absolute Gasteiger partial charge is 0.405 e. The minimum atomic E-state index is -4.73. The van der Waals surface area contributed by atoms with E-state index in [9.17, 15) is 13.2 Å². The van der Waals surface area contributed by atoms with Crippen molar-refractivity contribution in [3.8, 4) is 16.9 Å². The predicted octanol–water partition coefficient (Wildman–Crippen LogP) is 6.34. The summed E-state index contributed by atoms with van der Waals surface area (Å²) in [7, 11) is 1.73. The molecule has 2 heterocycles. The molecular weight excluding hydrogens is 379 g/mol. The maximum atomic E-state index is 12.9. The number of halogens is 3. The summed E-state index contributed by atoms with van der Waals surface area (Å²) in [5.41, 5.74) is 2.95. The van der Waals surface area contributed by atoms with Gasteiger partial charge in [-0.05, 0) is 30.9 Å². The molecular formula is C22H32F3N3O. The Morgan fingerprint density at radius 1 is 1.10 bits per heavy atom. The lowest BCUT2D eigenvalue weighted by molar-refractivity contribution is -0.274. The molecule has 0 N–H and O–H groups in total. The molecule has 0 unspecified atom stereocenters. The fourth-order valence-electron chi connectivity index (χ4n) is 3.54. The van der Waals surface area contributed by atoms with E-state index >= 15 is 0 Å². The van der Waals surface area contributed by atoms with Crippen molar-refractivity contribution in [1.29, 1.82) is 0 Å². The standard InChI is InChI=1S/C17H20F3N3O.C5H12/c1-3-6-23-7-4-5-12-8-14(13-10-21-22(2)11-13)16(9-15(12)23)24-17(18,19)20;1-3-5-4-2/h8-11H,3-7H2,1-2H3;3-5H2,1-2H3.